The lowest BCUT2D eigenvalue weighted by atomic mass is 10.1. The highest BCUT2D eigenvalue weighted by Gasteiger charge is 2.20. The van der Waals surface area contributed by atoms with Crippen molar-refractivity contribution in [1.82, 2.24) is 10.2 Å². The predicted molar refractivity (Wildman–Crippen MR) is 112 cm³/mol. The van der Waals surface area contributed by atoms with Crippen molar-refractivity contribution in [1.29, 1.82) is 0 Å². The van der Waals surface area contributed by atoms with E-state index in [1.807, 2.05) is 0 Å². The van der Waals surface area contributed by atoms with Crippen LogP contribution in [0.25, 0.3) is 0 Å². The van der Waals surface area contributed by atoms with Gasteiger partial charge in [0.2, 0.25) is 5.91 Å². The van der Waals surface area contributed by atoms with E-state index in [1.54, 1.807) is 55.3 Å². The second kappa shape index (κ2) is 9.99. The van der Waals surface area contributed by atoms with Crippen LogP contribution in [0.3, 0.4) is 0 Å². The summed E-state index contributed by atoms with van der Waals surface area (Å²) in [6.45, 7) is 1.81. The van der Waals surface area contributed by atoms with Crippen molar-refractivity contribution >= 4 is 17.5 Å². The Bertz CT molecular complexity index is 1050. The minimum atomic E-state index is -0.546. The van der Waals surface area contributed by atoms with Crippen molar-refractivity contribution in [3.05, 3.63) is 89.4 Å². The van der Waals surface area contributed by atoms with E-state index >= 15 is 0 Å². The van der Waals surface area contributed by atoms with Crippen LogP contribution in [0.2, 0.25) is 0 Å². The zero-order valence-corrected chi connectivity index (χ0v) is 17.2. The van der Waals surface area contributed by atoms with E-state index in [4.69, 9.17) is 4.42 Å². The SMILES string of the molecule is CC(c1cc(F)ccc1F)N(C)CC(=O)Nc1ccccc1C(=O)NCc1ccco1. The first-order valence-corrected chi connectivity index (χ1v) is 9.70. The second-order valence-electron chi connectivity index (χ2n) is 7.11. The fraction of sp³-hybridized carbons (Fsp3) is 0.217. The molecule has 3 rings (SSSR count). The first-order valence-electron chi connectivity index (χ1n) is 9.70. The minimum Gasteiger partial charge on any atom is -0.467 e. The van der Waals surface area contributed by atoms with E-state index < -0.39 is 23.6 Å². The number of halogens is 2. The van der Waals surface area contributed by atoms with E-state index in [0.717, 1.165) is 18.2 Å². The first-order chi connectivity index (χ1) is 14.8. The van der Waals surface area contributed by atoms with Crippen LogP contribution in [0.15, 0.2) is 65.3 Å². The van der Waals surface area contributed by atoms with Gasteiger partial charge in [-0.15, -0.1) is 0 Å². The molecule has 2 amide bonds. The van der Waals surface area contributed by atoms with Crippen LogP contribution in [0.5, 0.6) is 0 Å². The molecule has 0 aliphatic heterocycles. The third kappa shape index (κ3) is 5.76. The number of amides is 2. The van der Waals surface area contributed by atoms with Crippen LogP contribution in [0, 0.1) is 11.6 Å². The Balaban J connectivity index is 1.63. The molecule has 0 spiro atoms. The van der Waals surface area contributed by atoms with Crippen LogP contribution >= 0.6 is 0 Å². The zero-order valence-electron chi connectivity index (χ0n) is 17.2. The predicted octanol–water partition coefficient (Wildman–Crippen LogP) is 4.12. The van der Waals surface area contributed by atoms with Crippen molar-refractivity contribution < 1.29 is 22.8 Å². The molecule has 0 bridgehead atoms. The minimum absolute atomic E-state index is 0.0839. The molecule has 0 saturated heterocycles. The Morgan fingerprint density at radius 1 is 1.10 bits per heavy atom. The second-order valence-corrected chi connectivity index (χ2v) is 7.11. The summed E-state index contributed by atoms with van der Waals surface area (Å²) in [6.07, 6.45) is 1.52. The molecule has 0 aliphatic carbocycles. The molecule has 162 valence electrons. The Morgan fingerprint density at radius 3 is 2.61 bits per heavy atom. The molecule has 31 heavy (non-hydrogen) atoms. The van der Waals surface area contributed by atoms with E-state index in [-0.39, 0.29) is 24.6 Å². The van der Waals surface area contributed by atoms with Gasteiger partial charge in [-0.2, -0.15) is 0 Å². The molecule has 3 aromatic rings. The normalized spacial score (nSPS) is 11.9. The summed E-state index contributed by atoms with van der Waals surface area (Å²) in [6, 6.07) is 12.8. The lowest BCUT2D eigenvalue weighted by Crippen LogP contribution is -2.33. The smallest absolute Gasteiger partial charge is 0.253 e. The zero-order chi connectivity index (χ0) is 22.4. The number of benzene rings is 2. The van der Waals surface area contributed by atoms with Crippen LogP contribution in [-0.4, -0.2) is 30.3 Å². The lowest BCUT2D eigenvalue weighted by Gasteiger charge is -2.25. The van der Waals surface area contributed by atoms with Gasteiger partial charge in [0.1, 0.15) is 17.4 Å². The number of furan rings is 1. The largest absolute Gasteiger partial charge is 0.467 e. The maximum absolute atomic E-state index is 14.0. The fourth-order valence-corrected chi connectivity index (χ4v) is 3.09. The highest BCUT2D eigenvalue weighted by Crippen LogP contribution is 2.23. The van der Waals surface area contributed by atoms with Gasteiger partial charge in [0.15, 0.2) is 0 Å². The number of anilines is 1. The average molecular weight is 427 g/mol. The first kappa shape index (κ1) is 22.2. The molecular formula is C23H23F2N3O3. The fourth-order valence-electron chi connectivity index (χ4n) is 3.09. The molecule has 1 unspecified atom stereocenters. The van der Waals surface area contributed by atoms with Crippen molar-refractivity contribution in [3.63, 3.8) is 0 Å². The highest BCUT2D eigenvalue weighted by molar-refractivity contribution is 6.04. The number of nitrogens with zero attached hydrogens (tertiary/aromatic N) is 1. The molecule has 2 N–H and O–H groups in total. The molecule has 8 heteroatoms. The standard InChI is InChI=1S/C23H23F2N3O3/c1-15(19-12-16(24)9-10-20(19)25)28(2)14-22(29)27-21-8-4-3-7-18(21)23(30)26-13-17-6-5-11-31-17/h3-12,15H,13-14H2,1-2H3,(H,26,30)(H,27,29). The molecule has 1 aromatic heterocycles. The van der Waals surface area contributed by atoms with Gasteiger partial charge in [0, 0.05) is 11.6 Å². The number of hydrogen-bond donors (Lipinski definition) is 2. The van der Waals surface area contributed by atoms with Crippen LogP contribution in [0.1, 0.15) is 34.6 Å². The van der Waals surface area contributed by atoms with Gasteiger partial charge in [-0.05, 0) is 56.4 Å². The average Bonchev–Trinajstić information content (AvgIpc) is 3.27. The Morgan fingerprint density at radius 2 is 1.87 bits per heavy atom. The Hall–Kier alpha value is -3.52. The van der Waals surface area contributed by atoms with Crippen LogP contribution < -0.4 is 10.6 Å². The van der Waals surface area contributed by atoms with Crippen LogP contribution in [-0.2, 0) is 11.3 Å². The van der Waals surface area contributed by atoms with Crippen LogP contribution in [0.4, 0.5) is 14.5 Å². The maximum atomic E-state index is 14.0. The molecule has 0 radical (unpaired) electrons. The van der Waals surface area contributed by atoms with E-state index in [0.29, 0.717) is 17.0 Å². The van der Waals surface area contributed by atoms with Gasteiger partial charge >= 0.3 is 0 Å². The number of carbonyl (C=O) groups is 2. The van der Waals surface area contributed by atoms with Gasteiger partial charge in [-0.3, -0.25) is 14.5 Å². The van der Waals surface area contributed by atoms with Gasteiger partial charge in [-0.25, -0.2) is 8.78 Å². The molecule has 1 heterocycles. The Kier molecular flexibility index (Phi) is 7.15. The summed E-state index contributed by atoms with van der Waals surface area (Å²) >= 11 is 0. The van der Waals surface area contributed by atoms with E-state index in [2.05, 4.69) is 10.6 Å². The topological polar surface area (TPSA) is 74.6 Å². The molecule has 0 fully saturated rings. The molecule has 6 nitrogen and oxygen atoms in total. The highest BCUT2D eigenvalue weighted by atomic mass is 19.1. The van der Waals surface area contributed by atoms with E-state index in [1.165, 1.54) is 6.26 Å². The molecule has 1 atom stereocenters. The Labute approximate surface area is 178 Å². The van der Waals surface area contributed by atoms with Crippen molar-refractivity contribution in [2.75, 3.05) is 18.9 Å². The van der Waals surface area contributed by atoms with Crippen molar-refractivity contribution in [3.8, 4) is 0 Å². The monoisotopic (exact) mass is 427 g/mol. The summed E-state index contributed by atoms with van der Waals surface area (Å²) in [4.78, 5) is 26.7. The lowest BCUT2D eigenvalue weighted by molar-refractivity contribution is -0.117. The quantitative estimate of drug-likeness (QED) is 0.567. The third-order valence-electron chi connectivity index (χ3n) is 4.91. The molecule has 2 aromatic carbocycles. The maximum Gasteiger partial charge on any atom is 0.253 e. The summed E-state index contributed by atoms with van der Waals surface area (Å²) in [7, 11) is 1.64. The molecule has 0 saturated carbocycles. The number of hydrogen-bond acceptors (Lipinski definition) is 4. The number of carbonyl (C=O) groups excluding carboxylic acids is 2. The number of nitrogens with one attached hydrogen (secondary N) is 2. The van der Waals surface area contributed by atoms with E-state index in [9.17, 15) is 18.4 Å². The number of likely N-dealkylation sites (N-methyl/N-ethyl adjacent to an activating group) is 1. The summed E-state index contributed by atoms with van der Waals surface area (Å²) in [5.74, 6) is -1.24. The summed E-state index contributed by atoms with van der Waals surface area (Å²) < 4.78 is 32.7. The van der Waals surface area contributed by atoms with Crippen molar-refractivity contribution in [2.45, 2.75) is 19.5 Å². The molecular weight excluding hydrogens is 404 g/mol. The summed E-state index contributed by atoms with van der Waals surface area (Å²) in [5, 5.41) is 5.45. The molecule has 0 aliphatic rings. The summed E-state index contributed by atoms with van der Waals surface area (Å²) in [5.41, 5.74) is 0.810. The number of rotatable bonds is 8. The number of para-hydroxylation sites is 1. The van der Waals surface area contributed by atoms with Gasteiger partial charge in [-0.1, -0.05) is 12.1 Å². The van der Waals surface area contributed by atoms with Gasteiger partial charge in [0.05, 0.1) is 30.6 Å². The van der Waals surface area contributed by atoms with Crippen molar-refractivity contribution in [2.24, 2.45) is 0 Å². The van der Waals surface area contributed by atoms with Gasteiger partial charge < -0.3 is 15.1 Å². The third-order valence-corrected chi connectivity index (χ3v) is 4.91. The van der Waals surface area contributed by atoms with Gasteiger partial charge in [0.25, 0.3) is 5.91 Å².